The quantitative estimate of drug-likeness (QED) is 0.261. The number of ether oxygens (including phenoxy) is 1. The third kappa shape index (κ3) is 5.06. The Morgan fingerprint density at radius 2 is 2.00 bits per heavy atom. The monoisotopic (exact) mass is 565 g/mol. The van der Waals surface area contributed by atoms with Crippen molar-refractivity contribution in [1.82, 2.24) is 14.1 Å². The predicted molar refractivity (Wildman–Crippen MR) is 154 cm³/mol. The van der Waals surface area contributed by atoms with E-state index in [-0.39, 0.29) is 18.0 Å². The van der Waals surface area contributed by atoms with Gasteiger partial charge in [-0.1, -0.05) is 50.1 Å². The fourth-order valence-electron chi connectivity index (χ4n) is 5.75. The minimum Gasteiger partial charge on any atom is -0.480 e. The summed E-state index contributed by atoms with van der Waals surface area (Å²) in [6.45, 7) is 6.81. The number of hydrogen-bond donors (Lipinski definition) is 1. The van der Waals surface area contributed by atoms with Gasteiger partial charge < -0.3 is 14.3 Å². The number of rotatable bonds is 10. The Morgan fingerprint density at radius 3 is 2.65 bits per heavy atom. The van der Waals surface area contributed by atoms with Crippen molar-refractivity contribution in [3.8, 4) is 10.8 Å². The molecule has 3 heterocycles. The van der Waals surface area contributed by atoms with Gasteiger partial charge >= 0.3 is 11.7 Å². The van der Waals surface area contributed by atoms with Crippen LogP contribution in [-0.4, -0.2) is 31.3 Å². The SMILES string of the molecule is CCCC1CC[C@H](OC(Cn2c(=O)n(C(C)(C)C(=O)O)c(=O)c3c(C)c(-c4ncco4)sc32)c2ccccc2)C1. The Kier molecular flexibility index (Phi) is 7.83. The van der Waals surface area contributed by atoms with Gasteiger partial charge in [0.25, 0.3) is 5.56 Å². The van der Waals surface area contributed by atoms with E-state index in [1.807, 2.05) is 30.3 Å². The molecule has 9 nitrogen and oxygen atoms in total. The second-order valence-corrected chi connectivity index (χ2v) is 12.1. The summed E-state index contributed by atoms with van der Waals surface area (Å²) in [5.41, 5.74) is -1.61. The van der Waals surface area contributed by atoms with E-state index < -0.39 is 28.9 Å². The summed E-state index contributed by atoms with van der Waals surface area (Å²) in [4.78, 5) is 45.4. The Morgan fingerprint density at radius 1 is 1.25 bits per heavy atom. The molecule has 0 spiro atoms. The Labute approximate surface area is 236 Å². The normalized spacial score (nSPS) is 18.4. The zero-order valence-corrected chi connectivity index (χ0v) is 24.1. The first kappa shape index (κ1) is 28.0. The summed E-state index contributed by atoms with van der Waals surface area (Å²) in [6, 6.07) is 9.74. The van der Waals surface area contributed by atoms with E-state index in [1.165, 1.54) is 48.6 Å². The van der Waals surface area contributed by atoms with E-state index >= 15 is 0 Å². The Hall–Kier alpha value is -3.50. The minimum atomic E-state index is -1.77. The molecule has 0 aliphatic heterocycles. The number of aromatic nitrogens is 3. The predicted octanol–water partition coefficient (Wildman–Crippen LogP) is 5.73. The molecular weight excluding hydrogens is 530 g/mol. The van der Waals surface area contributed by atoms with Gasteiger partial charge in [-0.15, -0.1) is 11.3 Å². The van der Waals surface area contributed by atoms with E-state index in [4.69, 9.17) is 9.15 Å². The number of aryl methyl sites for hydroxylation is 1. The summed E-state index contributed by atoms with van der Waals surface area (Å²) in [7, 11) is 0. The molecule has 212 valence electrons. The van der Waals surface area contributed by atoms with Gasteiger partial charge in [-0.05, 0) is 57.1 Å². The average molecular weight is 566 g/mol. The van der Waals surface area contributed by atoms with E-state index in [0.29, 0.717) is 27.1 Å². The molecule has 1 fully saturated rings. The first-order valence-corrected chi connectivity index (χ1v) is 14.6. The molecule has 10 heteroatoms. The van der Waals surface area contributed by atoms with Gasteiger partial charge in [0.1, 0.15) is 22.7 Å². The fourth-order valence-corrected chi connectivity index (χ4v) is 6.99. The van der Waals surface area contributed by atoms with Gasteiger partial charge in [-0.3, -0.25) is 9.36 Å². The number of thiophene rings is 1. The van der Waals surface area contributed by atoms with Crippen LogP contribution in [0.1, 0.15) is 70.1 Å². The number of nitrogens with zero attached hydrogens (tertiary/aromatic N) is 3. The molecule has 3 atom stereocenters. The van der Waals surface area contributed by atoms with E-state index in [2.05, 4.69) is 11.9 Å². The summed E-state index contributed by atoms with van der Waals surface area (Å²) in [5.74, 6) is -0.311. The zero-order chi connectivity index (χ0) is 28.6. The van der Waals surface area contributed by atoms with Crippen LogP contribution in [0.5, 0.6) is 0 Å². The van der Waals surface area contributed by atoms with Gasteiger partial charge in [0.15, 0.2) is 0 Å². The second kappa shape index (κ2) is 11.2. The van der Waals surface area contributed by atoms with Crippen LogP contribution < -0.4 is 11.2 Å². The van der Waals surface area contributed by atoms with Crippen LogP contribution in [0, 0.1) is 12.8 Å². The van der Waals surface area contributed by atoms with Crippen LogP contribution in [0.15, 0.2) is 56.8 Å². The lowest BCUT2D eigenvalue weighted by atomic mass is 10.0. The van der Waals surface area contributed by atoms with Crippen molar-refractivity contribution in [2.45, 2.75) is 84.1 Å². The van der Waals surface area contributed by atoms with E-state index in [0.717, 1.165) is 35.8 Å². The molecule has 0 amide bonds. The molecule has 0 bridgehead atoms. The molecule has 4 aromatic rings. The maximum atomic E-state index is 14.1. The number of carbonyl (C=O) groups is 1. The maximum Gasteiger partial charge on any atom is 0.333 e. The van der Waals surface area contributed by atoms with Crippen LogP contribution in [0.25, 0.3) is 21.0 Å². The Balaban J connectivity index is 1.68. The number of hydrogen-bond acceptors (Lipinski definition) is 7. The number of carboxylic acids is 1. The molecule has 1 N–H and O–H groups in total. The second-order valence-electron chi connectivity index (χ2n) is 11.1. The number of benzene rings is 1. The maximum absolute atomic E-state index is 14.1. The molecule has 0 saturated heterocycles. The molecule has 1 aliphatic carbocycles. The van der Waals surface area contributed by atoms with Crippen molar-refractivity contribution < 1.29 is 19.1 Å². The number of aliphatic carboxylic acids is 1. The number of fused-ring (bicyclic) bond motifs is 1. The molecule has 1 aliphatic rings. The molecule has 40 heavy (non-hydrogen) atoms. The molecule has 1 aromatic carbocycles. The lowest BCUT2D eigenvalue weighted by Gasteiger charge is -2.26. The summed E-state index contributed by atoms with van der Waals surface area (Å²) >= 11 is 1.24. The van der Waals surface area contributed by atoms with Crippen LogP contribution in [0.3, 0.4) is 0 Å². The topological polar surface area (TPSA) is 117 Å². The Bertz CT molecular complexity index is 1620. The van der Waals surface area contributed by atoms with Crippen LogP contribution in [0.4, 0.5) is 0 Å². The molecule has 5 rings (SSSR count). The highest BCUT2D eigenvalue weighted by molar-refractivity contribution is 7.22. The number of carboxylic acid groups (broad SMARTS) is 1. The van der Waals surface area contributed by atoms with Gasteiger partial charge in [-0.2, -0.15) is 0 Å². The van der Waals surface area contributed by atoms with Gasteiger partial charge in [-0.25, -0.2) is 19.1 Å². The largest absolute Gasteiger partial charge is 0.480 e. The summed E-state index contributed by atoms with van der Waals surface area (Å²) in [6.07, 6.45) is 7.90. The number of oxazole rings is 1. The van der Waals surface area contributed by atoms with E-state index in [1.54, 1.807) is 6.92 Å². The first-order valence-electron chi connectivity index (χ1n) is 13.8. The fraction of sp³-hybridized carbons (Fsp3) is 0.467. The first-order chi connectivity index (χ1) is 19.1. The van der Waals surface area contributed by atoms with Crippen LogP contribution in [0.2, 0.25) is 0 Å². The summed E-state index contributed by atoms with van der Waals surface area (Å²) in [5, 5.41) is 10.3. The third-order valence-electron chi connectivity index (χ3n) is 7.99. The van der Waals surface area contributed by atoms with Gasteiger partial charge in [0.2, 0.25) is 5.89 Å². The highest BCUT2D eigenvalue weighted by atomic mass is 32.1. The standard InChI is InChI=1S/C30H35N3O6S/c1-5-9-19-12-13-21(16-19)39-22(20-10-7-6-8-11-20)17-32-27-23(18(2)24(40-27)25-31-14-15-38-25)26(34)33(29(32)37)30(3,4)28(35)36/h6-8,10-11,14-15,19,21-22H,5,9,12-13,16-17H2,1-4H3,(H,35,36)/t19?,21-,22?/m0/s1. The van der Waals surface area contributed by atoms with E-state index in [9.17, 15) is 19.5 Å². The van der Waals surface area contributed by atoms with Gasteiger partial charge in [0.05, 0.1) is 29.1 Å². The summed E-state index contributed by atoms with van der Waals surface area (Å²) < 4.78 is 14.6. The molecule has 3 aromatic heterocycles. The van der Waals surface area contributed by atoms with Gasteiger partial charge in [0, 0.05) is 0 Å². The molecular formula is C30H35N3O6S. The highest BCUT2D eigenvalue weighted by Crippen LogP contribution is 2.38. The average Bonchev–Trinajstić information content (AvgIpc) is 3.67. The van der Waals surface area contributed by atoms with Crippen molar-refractivity contribution in [2.75, 3.05) is 0 Å². The lowest BCUT2D eigenvalue weighted by Crippen LogP contribution is -2.52. The smallest absolute Gasteiger partial charge is 0.333 e. The van der Waals surface area contributed by atoms with Crippen molar-refractivity contribution in [1.29, 1.82) is 0 Å². The van der Waals surface area contributed by atoms with Crippen molar-refractivity contribution >= 4 is 27.5 Å². The van der Waals surface area contributed by atoms with Crippen LogP contribution in [-0.2, 0) is 21.6 Å². The molecule has 1 saturated carbocycles. The third-order valence-corrected chi connectivity index (χ3v) is 9.29. The lowest BCUT2D eigenvalue weighted by molar-refractivity contribution is -0.146. The zero-order valence-electron chi connectivity index (χ0n) is 23.3. The van der Waals surface area contributed by atoms with Crippen molar-refractivity contribution in [3.05, 3.63) is 74.8 Å². The van der Waals surface area contributed by atoms with Crippen LogP contribution >= 0.6 is 11.3 Å². The van der Waals surface area contributed by atoms with Crippen molar-refractivity contribution in [2.24, 2.45) is 5.92 Å². The van der Waals surface area contributed by atoms with Crippen molar-refractivity contribution in [3.63, 3.8) is 0 Å². The molecule has 0 radical (unpaired) electrons. The minimum absolute atomic E-state index is 0.0577. The molecule has 2 unspecified atom stereocenters. The highest BCUT2D eigenvalue weighted by Gasteiger charge is 2.36.